The van der Waals surface area contributed by atoms with Crippen LogP contribution in [0.25, 0.3) is 0 Å². The number of hydrogen-bond acceptors (Lipinski definition) is 6. The smallest absolute Gasteiger partial charge is 0.254 e. The lowest BCUT2D eigenvalue weighted by atomic mass is 10.1. The average Bonchev–Trinajstić information content (AvgIpc) is 2.83. The molecule has 1 heterocycles. The van der Waals surface area contributed by atoms with Crippen molar-refractivity contribution in [3.05, 3.63) is 59.7 Å². The van der Waals surface area contributed by atoms with Crippen LogP contribution in [0.2, 0.25) is 0 Å². The molecule has 3 rings (SSSR count). The van der Waals surface area contributed by atoms with Gasteiger partial charge >= 0.3 is 0 Å². The summed E-state index contributed by atoms with van der Waals surface area (Å²) in [7, 11) is 1.57. The minimum Gasteiger partial charge on any atom is -0.383 e. The quantitative estimate of drug-likeness (QED) is 0.511. The monoisotopic (exact) mass is 440 g/mol. The van der Waals surface area contributed by atoms with E-state index in [4.69, 9.17) is 9.47 Å². The van der Waals surface area contributed by atoms with Crippen LogP contribution in [-0.2, 0) is 14.3 Å². The van der Waals surface area contributed by atoms with Gasteiger partial charge in [0.2, 0.25) is 5.91 Å². The molecule has 2 aromatic rings. The molecular weight excluding hydrogens is 412 g/mol. The van der Waals surface area contributed by atoms with E-state index >= 15 is 0 Å². The number of nitrogens with one attached hydrogen (secondary N) is 3. The molecule has 0 unspecified atom stereocenters. The lowest BCUT2D eigenvalue weighted by Gasteiger charge is -2.27. The molecule has 0 aliphatic carbocycles. The number of carbonyl (C=O) groups excluding carboxylic acids is 3. The summed E-state index contributed by atoms with van der Waals surface area (Å²) in [5, 5.41) is 8.56. The van der Waals surface area contributed by atoms with Crippen LogP contribution in [0.15, 0.2) is 48.5 Å². The summed E-state index contributed by atoms with van der Waals surface area (Å²) in [6.07, 6.45) is 0. The third-order valence-electron chi connectivity index (χ3n) is 4.88. The van der Waals surface area contributed by atoms with Gasteiger partial charge in [-0.25, -0.2) is 0 Å². The minimum absolute atomic E-state index is 0.0427. The number of rotatable bonds is 9. The fourth-order valence-electron chi connectivity index (χ4n) is 3.17. The van der Waals surface area contributed by atoms with Gasteiger partial charge in [0.1, 0.15) is 0 Å². The van der Waals surface area contributed by atoms with E-state index in [1.165, 1.54) is 0 Å². The van der Waals surface area contributed by atoms with Gasteiger partial charge in [-0.1, -0.05) is 6.07 Å². The Balaban J connectivity index is 1.48. The highest BCUT2D eigenvalue weighted by atomic mass is 16.5. The summed E-state index contributed by atoms with van der Waals surface area (Å²) in [6, 6.07) is 13.7. The highest BCUT2D eigenvalue weighted by Gasteiger charge is 2.18. The maximum atomic E-state index is 12.6. The first-order valence-electron chi connectivity index (χ1n) is 10.4. The first-order valence-corrected chi connectivity index (χ1v) is 10.4. The number of ether oxygens (including phenoxy) is 2. The Labute approximate surface area is 187 Å². The fourth-order valence-corrected chi connectivity index (χ4v) is 3.17. The first-order chi connectivity index (χ1) is 15.6. The zero-order valence-electron chi connectivity index (χ0n) is 18.1. The van der Waals surface area contributed by atoms with Gasteiger partial charge in [-0.3, -0.25) is 14.4 Å². The van der Waals surface area contributed by atoms with Gasteiger partial charge in [0.15, 0.2) is 0 Å². The number of hydrogen-bond donors (Lipinski definition) is 3. The maximum absolute atomic E-state index is 12.6. The standard InChI is InChI=1S/C23H28N4O5/c1-31-12-9-24-22(29)17-5-7-19(8-6-17)25-16-21(28)26-20-4-2-3-18(15-20)23(30)27-10-13-32-14-11-27/h2-8,15,25H,9-14,16H2,1H3,(H,24,29)(H,26,28). The van der Waals surface area contributed by atoms with Crippen molar-refractivity contribution in [1.82, 2.24) is 10.2 Å². The Morgan fingerprint density at radius 2 is 1.75 bits per heavy atom. The molecule has 1 saturated heterocycles. The van der Waals surface area contributed by atoms with Crippen molar-refractivity contribution in [3.63, 3.8) is 0 Å². The maximum Gasteiger partial charge on any atom is 0.254 e. The molecular formula is C23H28N4O5. The molecule has 9 heteroatoms. The molecule has 0 bridgehead atoms. The molecule has 0 aromatic heterocycles. The lowest BCUT2D eigenvalue weighted by molar-refractivity contribution is -0.114. The third kappa shape index (κ3) is 6.79. The number of nitrogens with zero attached hydrogens (tertiary/aromatic N) is 1. The second kappa shape index (κ2) is 11.8. The fraction of sp³-hybridized carbons (Fsp3) is 0.348. The number of benzene rings is 2. The van der Waals surface area contributed by atoms with Crippen LogP contribution in [-0.4, -0.2) is 75.7 Å². The summed E-state index contributed by atoms with van der Waals surface area (Å²) < 4.78 is 10.2. The molecule has 9 nitrogen and oxygen atoms in total. The first kappa shape index (κ1) is 23.2. The molecule has 3 amide bonds. The molecule has 1 aliphatic heterocycles. The second-order valence-electron chi connectivity index (χ2n) is 7.21. The van der Waals surface area contributed by atoms with E-state index in [9.17, 15) is 14.4 Å². The molecule has 0 atom stereocenters. The summed E-state index contributed by atoms with van der Waals surface area (Å²) in [4.78, 5) is 38.7. The van der Waals surface area contributed by atoms with Crippen LogP contribution in [0.1, 0.15) is 20.7 Å². The number of morpholine rings is 1. The average molecular weight is 441 g/mol. The van der Waals surface area contributed by atoms with E-state index in [0.29, 0.717) is 62.0 Å². The normalized spacial score (nSPS) is 13.3. The molecule has 0 spiro atoms. The van der Waals surface area contributed by atoms with Crippen LogP contribution in [0, 0.1) is 0 Å². The number of methoxy groups -OCH3 is 1. The Hall–Kier alpha value is -3.43. The Kier molecular flexibility index (Phi) is 8.59. The van der Waals surface area contributed by atoms with Gasteiger partial charge in [-0.15, -0.1) is 0 Å². The van der Waals surface area contributed by atoms with Gasteiger partial charge in [-0.2, -0.15) is 0 Å². The van der Waals surface area contributed by atoms with Gasteiger partial charge < -0.3 is 30.3 Å². The Bertz CT molecular complexity index is 926. The molecule has 3 N–H and O–H groups in total. The largest absolute Gasteiger partial charge is 0.383 e. The van der Waals surface area contributed by atoms with E-state index in [1.807, 2.05) is 0 Å². The van der Waals surface area contributed by atoms with E-state index in [2.05, 4.69) is 16.0 Å². The van der Waals surface area contributed by atoms with Gasteiger partial charge in [0.05, 0.1) is 26.4 Å². The van der Waals surface area contributed by atoms with Crippen molar-refractivity contribution in [2.24, 2.45) is 0 Å². The van der Waals surface area contributed by atoms with Crippen LogP contribution in [0.4, 0.5) is 11.4 Å². The van der Waals surface area contributed by atoms with E-state index in [-0.39, 0.29) is 24.3 Å². The topological polar surface area (TPSA) is 109 Å². The highest BCUT2D eigenvalue weighted by molar-refractivity contribution is 5.98. The molecule has 2 aromatic carbocycles. The summed E-state index contributed by atoms with van der Waals surface area (Å²) in [5.41, 5.74) is 2.32. The lowest BCUT2D eigenvalue weighted by Crippen LogP contribution is -2.40. The Morgan fingerprint density at radius 1 is 1.00 bits per heavy atom. The van der Waals surface area contributed by atoms with Crippen molar-refractivity contribution < 1.29 is 23.9 Å². The summed E-state index contributed by atoms with van der Waals surface area (Å²) in [5.74, 6) is -0.505. The number of amides is 3. The van der Waals surface area contributed by atoms with E-state index in [0.717, 1.165) is 0 Å². The minimum atomic E-state index is -0.248. The zero-order valence-corrected chi connectivity index (χ0v) is 18.1. The predicted octanol–water partition coefficient (Wildman–Crippen LogP) is 1.59. The van der Waals surface area contributed by atoms with Crippen LogP contribution >= 0.6 is 0 Å². The molecule has 170 valence electrons. The van der Waals surface area contributed by atoms with Gasteiger partial charge in [0, 0.05) is 49.2 Å². The van der Waals surface area contributed by atoms with Crippen molar-refractivity contribution in [1.29, 1.82) is 0 Å². The molecule has 0 saturated carbocycles. The van der Waals surface area contributed by atoms with Crippen molar-refractivity contribution in [2.45, 2.75) is 0 Å². The van der Waals surface area contributed by atoms with Gasteiger partial charge in [0.25, 0.3) is 11.8 Å². The molecule has 1 fully saturated rings. The van der Waals surface area contributed by atoms with Crippen molar-refractivity contribution >= 4 is 29.1 Å². The SMILES string of the molecule is COCCNC(=O)c1ccc(NCC(=O)Nc2cccc(C(=O)N3CCOCC3)c2)cc1. The van der Waals surface area contributed by atoms with Crippen molar-refractivity contribution in [3.8, 4) is 0 Å². The highest BCUT2D eigenvalue weighted by Crippen LogP contribution is 2.14. The summed E-state index contributed by atoms with van der Waals surface area (Å²) in [6.45, 7) is 3.13. The molecule has 0 radical (unpaired) electrons. The zero-order chi connectivity index (χ0) is 22.8. The van der Waals surface area contributed by atoms with Crippen LogP contribution in [0.5, 0.6) is 0 Å². The Morgan fingerprint density at radius 3 is 2.47 bits per heavy atom. The second-order valence-corrected chi connectivity index (χ2v) is 7.21. The predicted molar refractivity (Wildman–Crippen MR) is 121 cm³/mol. The van der Waals surface area contributed by atoms with Gasteiger partial charge in [-0.05, 0) is 42.5 Å². The summed E-state index contributed by atoms with van der Waals surface area (Å²) >= 11 is 0. The van der Waals surface area contributed by atoms with E-state index in [1.54, 1.807) is 60.5 Å². The number of carbonyl (C=O) groups is 3. The van der Waals surface area contributed by atoms with Crippen molar-refractivity contribution in [2.75, 3.05) is 63.7 Å². The van der Waals surface area contributed by atoms with Crippen LogP contribution < -0.4 is 16.0 Å². The molecule has 32 heavy (non-hydrogen) atoms. The number of anilines is 2. The van der Waals surface area contributed by atoms with E-state index < -0.39 is 0 Å². The molecule has 1 aliphatic rings. The third-order valence-corrected chi connectivity index (χ3v) is 4.88. The van der Waals surface area contributed by atoms with Crippen LogP contribution in [0.3, 0.4) is 0 Å².